The first-order valence-electron chi connectivity index (χ1n) is 7.24. The molecule has 6 heteroatoms. The van der Waals surface area contributed by atoms with Crippen LogP contribution in [-0.4, -0.2) is 25.3 Å². The number of furan rings is 1. The molecule has 0 atom stereocenters. The molecule has 0 unspecified atom stereocenters. The molecule has 1 aromatic heterocycles. The minimum atomic E-state index is -0.348. The summed E-state index contributed by atoms with van der Waals surface area (Å²) in [7, 11) is 1.53. The first kappa shape index (κ1) is 16.6. The van der Waals surface area contributed by atoms with Crippen LogP contribution in [0.1, 0.15) is 35.7 Å². The predicted molar refractivity (Wildman–Crippen MR) is 87.3 cm³/mol. The number of amides is 1. The summed E-state index contributed by atoms with van der Waals surface area (Å²) in [6.45, 7) is 5.68. The van der Waals surface area contributed by atoms with Gasteiger partial charge in [-0.15, -0.1) is 0 Å². The summed E-state index contributed by atoms with van der Waals surface area (Å²) in [5.41, 5.74) is 2.86. The zero-order valence-corrected chi connectivity index (χ0v) is 13.6. The minimum Gasteiger partial charge on any atom is -0.493 e. The Labute approximate surface area is 135 Å². The van der Waals surface area contributed by atoms with Crippen LogP contribution in [0.25, 0.3) is 0 Å². The van der Waals surface area contributed by atoms with Gasteiger partial charge in [0, 0.05) is 5.56 Å². The van der Waals surface area contributed by atoms with E-state index in [0.717, 1.165) is 5.76 Å². The number of rotatable bonds is 6. The van der Waals surface area contributed by atoms with Gasteiger partial charge in [0.2, 0.25) is 0 Å². The Balaban J connectivity index is 2.05. The second kappa shape index (κ2) is 7.49. The molecule has 0 radical (unpaired) electrons. The lowest BCUT2D eigenvalue weighted by Crippen LogP contribution is -2.17. The van der Waals surface area contributed by atoms with Crippen molar-refractivity contribution in [3.05, 3.63) is 47.4 Å². The zero-order valence-electron chi connectivity index (χ0n) is 13.6. The van der Waals surface area contributed by atoms with Crippen LogP contribution in [0.4, 0.5) is 0 Å². The zero-order chi connectivity index (χ0) is 16.8. The Kier molecular flexibility index (Phi) is 5.41. The van der Waals surface area contributed by atoms with Gasteiger partial charge in [-0.2, -0.15) is 5.10 Å². The Bertz CT molecular complexity index is 704. The molecule has 0 bridgehead atoms. The van der Waals surface area contributed by atoms with Crippen LogP contribution < -0.4 is 14.9 Å². The maximum Gasteiger partial charge on any atom is 0.271 e. The van der Waals surface area contributed by atoms with E-state index < -0.39 is 0 Å². The molecular weight excluding hydrogens is 296 g/mol. The van der Waals surface area contributed by atoms with Gasteiger partial charge >= 0.3 is 0 Å². The third-order valence-corrected chi connectivity index (χ3v) is 2.91. The van der Waals surface area contributed by atoms with E-state index in [2.05, 4.69) is 10.5 Å². The van der Waals surface area contributed by atoms with Crippen LogP contribution in [0.15, 0.2) is 39.9 Å². The summed E-state index contributed by atoms with van der Waals surface area (Å²) in [4.78, 5) is 12.1. The van der Waals surface area contributed by atoms with Crippen molar-refractivity contribution in [2.75, 3.05) is 7.11 Å². The predicted octanol–water partition coefficient (Wildman–Crippen LogP) is 3.15. The molecule has 1 N–H and O–H groups in total. The van der Waals surface area contributed by atoms with Crippen molar-refractivity contribution in [2.45, 2.75) is 26.9 Å². The molecule has 2 aromatic rings. The Hall–Kier alpha value is -2.76. The van der Waals surface area contributed by atoms with E-state index in [4.69, 9.17) is 13.9 Å². The van der Waals surface area contributed by atoms with Crippen LogP contribution in [0, 0.1) is 6.92 Å². The van der Waals surface area contributed by atoms with Gasteiger partial charge in [0.15, 0.2) is 11.5 Å². The largest absolute Gasteiger partial charge is 0.493 e. The fourth-order valence-electron chi connectivity index (χ4n) is 1.90. The molecule has 0 aliphatic heterocycles. The Morgan fingerprint density at radius 1 is 1.26 bits per heavy atom. The number of hydrogen-bond donors (Lipinski definition) is 1. The van der Waals surface area contributed by atoms with Crippen LogP contribution in [0.3, 0.4) is 0 Å². The summed E-state index contributed by atoms with van der Waals surface area (Å²) >= 11 is 0. The molecule has 0 spiro atoms. The molecule has 0 aliphatic carbocycles. The van der Waals surface area contributed by atoms with Gasteiger partial charge in [-0.3, -0.25) is 4.79 Å². The van der Waals surface area contributed by atoms with Gasteiger partial charge in [0.1, 0.15) is 11.5 Å². The summed E-state index contributed by atoms with van der Waals surface area (Å²) in [6, 6.07) is 8.56. The third kappa shape index (κ3) is 4.60. The van der Waals surface area contributed by atoms with E-state index in [1.165, 1.54) is 13.3 Å². The second-order valence-corrected chi connectivity index (χ2v) is 5.18. The number of nitrogens with one attached hydrogen (secondary N) is 1. The number of carbonyl (C=O) groups is 1. The number of hydrogen-bond acceptors (Lipinski definition) is 5. The van der Waals surface area contributed by atoms with Crippen molar-refractivity contribution in [1.82, 2.24) is 5.43 Å². The highest BCUT2D eigenvalue weighted by Crippen LogP contribution is 2.28. The molecule has 1 amide bonds. The first-order chi connectivity index (χ1) is 11.0. The highest BCUT2D eigenvalue weighted by atomic mass is 16.5. The molecular formula is C17H20N2O4. The van der Waals surface area contributed by atoms with Crippen LogP contribution >= 0.6 is 0 Å². The van der Waals surface area contributed by atoms with Gasteiger partial charge in [-0.1, -0.05) is 0 Å². The van der Waals surface area contributed by atoms with Crippen LogP contribution in [-0.2, 0) is 0 Å². The summed E-state index contributed by atoms with van der Waals surface area (Å²) in [5.74, 6) is 2.09. The first-order valence-corrected chi connectivity index (χ1v) is 7.24. The maximum atomic E-state index is 12.1. The van der Waals surface area contributed by atoms with Crippen molar-refractivity contribution < 1.29 is 18.7 Å². The average Bonchev–Trinajstić information content (AvgIpc) is 2.92. The summed E-state index contributed by atoms with van der Waals surface area (Å²) in [5, 5.41) is 3.87. The molecule has 1 heterocycles. The number of hydrazone groups is 1. The van der Waals surface area contributed by atoms with E-state index in [0.29, 0.717) is 22.8 Å². The fourth-order valence-corrected chi connectivity index (χ4v) is 1.90. The van der Waals surface area contributed by atoms with E-state index in [1.807, 2.05) is 26.8 Å². The fraction of sp³-hybridized carbons (Fsp3) is 0.294. The number of aryl methyl sites for hydroxylation is 1. The molecule has 6 nitrogen and oxygen atoms in total. The Morgan fingerprint density at radius 3 is 2.65 bits per heavy atom. The summed E-state index contributed by atoms with van der Waals surface area (Å²) < 4.78 is 16.2. The lowest BCUT2D eigenvalue weighted by molar-refractivity contribution is 0.0954. The maximum absolute atomic E-state index is 12.1. The average molecular weight is 316 g/mol. The lowest BCUT2D eigenvalue weighted by Gasteiger charge is -2.14. The highest BCUT2D eigenvalue weighted by Gasteiger charge is 2.11. The monoisotopic (exact) mass is 316 g/mol. The van der Waals surface area contributed by atoms with Crippen molar-refractivity contribution in [2.24, 2.45) is 5.10 Å². The topological polar surface area (TPSA) is 73.1 Å². The van der Waals surface area contributed by atoms with E-state index >= 15 is 0 Å². The SMILES string of the molecule is COc1cc(C(=O)N/N=C/c2ccc(C)o2)ccc1OC(C)C. The van der Waals surface area contributed by atoms with E-state index in [1.54, 1.807) is 24.3 Å². The van der Waals surface area contributed by atoms with Crippen LogP contribution in [0.5, 0.6) is 11.5 Å². The van der Waals surface area contributed by atoms with Crippen molar-refractivity contribution in [3.63, 3.8) is 0 Å². The number of nitrogens with zero attached hydrogens (tertiary/aromatic N) is 1. The van der Waals surface area contributed by atoms with Gasteiger partial charge in [-0.05, 0) is 51.1 Å². The third-order valence-electron chi connectivity index (χ3n) is 2.91. The molecule has 0 saturated heterocycles. The smallest absolute Gasteiger partial charge is 0.271 e. The van der Waals surface area contributed by atoms with Crippen LogP contribution in [0.2, 0.25) is 0 Å². The molecule has 2 rings (SSSR count). The quantitative estimate of drug-likeness (QED) is 0.656. The molecule has 23 heavy (non-hydrogen) atoms. The molecule has 122 valence electrons. The molecule has 0 aliphatic rings. The number of ether oxygens (including phenoxy) is 2. The lowest BCUT2D eigenvalue weighted by atomic mass is 10.2. The molecule has 1 aromatic carbocycles. The number of carbonyl (C=O) groups excluding carboxylic acids is 1. The number of benzene rings is 1. The van der Waals surface area contributed by atoms with E-state index in [9.17, 15) is 4.79 Å². The number of methoxy groups -OCH3 is 1. The van der Waals surface area contributed by atoms with Gasteiger partial charge in [0.05, 0.1) is 19.4 Å². The Morgan fingerprint density at radius 2 is 2.04 bits per heavy atom. The second-order valence-electron chi connectivity index (χ2n) is 5.18. The van der Waals surface area contributed by atoms with Gasteiger partial charge in [0.25, 0.3) is 5.91 Å². The van der Waals surface area contributed by atoms with Crippen molar-refractivity contribution >= 4 is 12.1 Å². The molecule has 0 saturated carbocycles. The van der Waals surface area contributed by atoms with Crippen molar-refractivity contribution in [1.29, 1.82) is 0 Å². The highest BCUT2D eigenvalue weighted by molar-refractivity contribution is 5.95. The van der Waals surface area contributed by atoms with Gasteiger partial charge < -0.3 is 13.9 Å². The van der Waals surface area contributed by atoms with E-state index in [-0.39, 0.29) is 12.0 Å². The minimum absolute atomic E-state index is 0.0185. The normalized spacial score (nSPS) is 11.0. The standard InChI is InChI=1S/C17H20N2O4/c1-11(2)22-15-8-6-13(9-16(15)21-4)17(20)19-18-10-14-7-5-12(3)23-14/h5-11H,1-4H3,(H,19,20)/b18-10+. The molecule has 0 fully saturated rings. The van der Waals surface area contributed by atoms with Gasteiger partial charge in [-0.25, -0.2) is 5.43 Å². The van der Waals surface area contributed by atoms with Crippen molar-refractivity contribution in [3.8, 4) is 11.5 Å². The summed E-state index contributed by atoms with van der Waals surface area (Å²) in [6.07, 6.45) is 1.46.